The molecule has 1 saturated heterocycles. The second kappa shape index (κ2) is 8.48. The minimum atomic E-state index is -3.89. The van der Waals surface area contributed by atoms with Crippen LogP contribution >= 0.6 is 0 Å². The van der Waals surface area contributed by atoms with Gasteiger partial charge in [-0.2, -0.15) is 4.31 Å². The lowest BCUT2D eigenvalue weighted by molar-refractivity contribution is -0.121. The Morgan fingerprint density at radius 2 is 1.77 bits per heavy atom. The number of aromatic amines is 1. The summed E-state index contributed by atoms with van der Waals surface area (Å²) in [5, 5.41) is 2.78. The van der Waals surface area contributed by atoms with Crippen LogP contribution in [-0.2, 0) is 19.6 Å². The normalized spacial score (nSPS) is 15.6. The van der Waals surface area contributed by atoms with E-state index >= 15 is 0 Å². The number of sulfonamides is 1. The van der Waals surface area contributed by atoms with Crippen LogP contribution in [0.4, 0.5) is 5.95 Å². The molecular formula is C21H22N4O5S. The number of nitrogens with one attached hydrogen (secondary N) is 2. The minimum absolute atomic E-state index is 0.00486. The van der Waals surface area contributed by atoms with E-state index in [2.05, 4.69) is 15.3 Å². The van der Waals surface area contributed by atoms with Gasteiger partial charge in [-0.3, -0.25) is 10.1 Å². The van der Waals surface area contributed by atoms with E-state index in [0.29, 0.717) is 18.8 Å². The van der Waals surface area contributed by atoms with Gasteiger partial charge in [0.1, 0.15) is 0 Å². The molecule has 1 fully saturated rings. The molecule has 1 aromatic heterocycles. The zero-order chi connectivity index (χ0) is 22.0. The molecule has 0 bridgehead atoms. The third-order valence-corrected chi connectivity index (χ3v) is 7.32. The molecule has 1 amide bonds. The number of imidazole rings is 1. The van der Waals surface area contributed by atoms with Crippen molar-refractivity contribution in [2.75, 3.05) is 25.5 Å². The Morgan fingerprint density at radius 3 is 2.48 bits per heavy atom. The van der Waals surface area contributed by atoms with E-state index in [1.54, 1.807) is 12.1 Å². The molecule has 0 aliphatic carbocycles. The van der Waals surface area contributed by atoms with Gasteiger partial charge < -0.3 is 9.72 Å². The molecule has 4 rings (SSSR count). The number of H-pyrrole nitrogens is 1. The Balaban J connectivity index is 1.43. The second-order valence-corrected chi connectivity index (χ2v) is 9.16. The first-order valence-electron chi connectivity index (χ1n) is 9.83. The molecule has 3 aromatic rings. The van der Waals surface area contributed by atoms with Crippen molar-refractivity contribution in [2.24, 2.45) is 5.92 Å². The van der Waals surface area contributed by atoms with Gasteiger partial charge in [-0.05, 0) is 37.1 Å². The van der Waals surface area contributed by atoms with Crippen LogP contribution in [0, 0.1) is 5.92 Å². The molecular weight excluding hydrogens is 420 g/mol. The highest BCUT2D eigenvalue weighted by Gasteiger charge is 2.34. The molecule has 1 aliphatic rings. The van der Waals surface area contributed by atoms with E-state index in [9.17, 15) is 18.0 Å². The number of anilines is 1. The first-order valence-corrected chi connectivity index (χ1v) is 11.3. The highest BCUT2D eigenvalue weighted by atomic mass is 32.2. The van der Waals surface area contributed by atoms with Crippen molar-refractivity contribution in [2.45, 2.75) is 17.7 Å². The topological polar surface area (TPSA) is 121 Å². The van der Waals surface area contributed by atoms with Crippen LogP contribution in [0.3, 0.4) is 0 Å². The van der Waals surface area contributed by atoms with Crippen molar-refractivity contribution >= 4 is 38.9 Å². The number of nitrogens with zero attached hydrogens (tertiary/aromatic N) is 2. The van der Waals surface area contributed by atoms with Gasteiger partial charge in [0.2, 0.25) is 21.9 Å². The number of carbonyl (C=O) groups is 2. The van der Waals surface area contributed by atoms with Crippen molar-refractivity contribution in [1.29, 1.82) is 0 Å². The summed E-state index contributed by atoms with van der Waals surface area (Å²) in [6.45, 7) is 0.353. The van der Waals surface area contributed by atoms with E-state index in [-0.39, 0.29) is 35.4 Å². The zero-order valence-electron chi connectivity index (χ0n) is 16.9. The van der Waals surface area contributed by atoms with Gasteiger partial charge in [0, 0.05) is 19.0 Å². The number of carbonyl (C=O) groups excluding carboxylic acids is 2. The fraction of sp³-hybridized carbons (Fsp3) is 0.286. The summed E-state index contributed by atoms with van der Waals surface area (Å²) in [7, 11) is -2.68. The number of para-hydroxylation sites is 2. The Morgan fingerprint density at radius 1 is 1.10 bits per heavy atom. The molecule has 1 aliphatic heterocycles. The van der Waals surface area contributed by atoms with Crippen LogP contribution in [0.15, 0.2) is 53.4 Å². The van der Waals surface area contributed by atoms with Gasteiger partial charge in [-0.25, -0.2) is 18.2 Å². The summed E-state index contributed by atoms with van der Waals surface area (Å²) in [5.41, 5.74) is 1.57. The zero-order valence-corrected chi connectivity index (χ0v) is 17.7. The summed E-state index contributed by atoms with van der Waals surface area (Å²) < 4.78 is 32.2. The van der Waals surface area contributed by atoms with Gasteiger partial charge in [-0.1, -0.05) is 24.3 Å². The third-order valence-electron chi connectivity index (χ3n) is 5.37. The Kier molecular flexibility index (Phi) is 5.75. The van der Waals surface area contributed by atoms with Gasteiger partial charge >= 0.3 is 5.97 Å². The summed E-state index contributed by atoms with van der Waals surface area (Å²) in [6.07, 6.45) is 0.733. The van der Waals surface area contributed by atoms with Crippen LogP contribution in [0.25, 0.3) is 11.0 Å². The largest absolute Gasteiger partial charge is 0.465 e. The van der Waals surface area contributed by atoms with E-state index in [4.69, 9.17) is 4.74 Å². The molecule has 0 saturated carbocycles. The Hall–Kier alpha value is -3.24. The number of fused-ring (bicyclic) bond motifs is 1. The van der Waals surface area contributed by atoms with Crippen molar-refractivity contribution < 1.29 is 22.7 Å². The fourth-order valence-electron chi connectivity index (χ4n) is 3.70. The third kappa shape index (κ3) is 4.17. The summed E-state index contributed by atoms with van der Waals surface area (Å²) >= 11 is 0. The fourth-order valence-corrected chi connectivity index (χ4v) is 5.35. The monoisotopic (exact) mass is 442 g/mol. The van der Waals surface area contributed by atoms with Crippen LogP contribution in [0.1, 0.15) is 23.2 Å². The molecule has 31 heavy (non-hydrogen) atoms. The highest BCUT2D eigenvalue weighted by molar-refractivity contribution is 7.89. The molecule has 2 heterocycles. The molecule has 2 N–H and O–H groups in total. The summed E-state index contributed by atoms with van der Waals surface area (Å²) in [4.78, 5) is 31.9. The van der Waals surface area contributed by atoms with Gasteiger partial charge in [-0.15, -0.1) is 0 Å². The lowest BCUT2D eigenvalue weighted by Crippen LogP contribution is -2.41. The molecule has 9 nitrogen and oxygen atoms in total. The summed E-state index contributed by atoms with van der Waals surface area (Å²) in [5.74, 6) is -0.880. The molecule has 0 atom stereocenters. The van der Waals surface area contributed by atoms with E-state index in [1.165, 1.54) is 23.5 Å². The van der Waals surface area contributed by atoms with Crippen molar-refractivity contribution in [3.63, 3.8) is 0 Å². The second-order valence-electron chi connectivity index (χ2n) is 7.26. The van der Waals surface area contributed by atoms with Gasteiger partial charge in [0.25, 0.3) is 0 Å². The Labute approximate surface area is 179 Å². The molecule has 10 heteroatoms. The predicted molar refractivity (Wildman–Crippen MR) is 114 cm³/mol. The first-order chi connectivity index (χ1) is 14.9. The average Bonchev–Trinajstić information content (AvgIpc) is 3.21. The van der Waals surface area contributed by atoms with Crippen molar-refractivity contribution in [1.82, 2.24) is 14.3 Å². The number of piperidine rings is 1. The number of rotatable bonds is 5. The van der Waals surface area contributed by atoms with Crippen molar-refractivity contribution in [3.05, 3.63) is 54.1 Å². The molecule has 162 valence electrons. The summed E-state index contributed by atoms with van der Waals surface area (Å²) in [6, 6.07) is 13.4. The van der Waals surface area contributed by atoms with Crippen LogP contribution < -0.4 is 5.32 Å². The van der Waals surface area contributed by atoms with Crippen LogP contribution in [0.2, 0.25) is 0 Å². The number of benzene rings is 2. The molecule has 0 radical (unpaired) electrons. The smallest absolute Gasteiger partial charge is 0.339 e. The lowest BCUT2D eigenvalue weighted by atomic mass is 9.97. The number of esters is 1. The maximum Gasteiger partial charge on any atom is 0.339 e. The number of hydrogen-bond donors (Lipinski definition) is 2. The molecule has 2 aromatic carbocycles. The minimum Gasteiger partial charge on any atom is -0.465 e. The highest BCUT2D eigenvalue weighted by Crippen LogP contribution is 2.27. The predicted octanol–water partition coefficient (Wildman–Crippen LogP) is 2.39. The number of ether oxygens (including phenoxy) is 1. The molecule has 0 spiro atoms. The Bertz CT molecular complexity index is 1200. The number of amides is 1. The standard InChI is InChI=1S/C21H22N4O5S/c1-30-20(27)15-6-2-5-9-18(15)31(28,29)25-12-10-14(11-13-25)19(26)24-21-22-16-7-3-4-8-17(16)23-21/h2-9,14H,10-13H2,1H3,(H2,22,23,24,26). The van der Waals surface area contributed by atoms with Crippen LogP contribution in [0.5, 0.6) is 0 Å². The quantitative estimate of drug-likeness (QED) is 0.585. The van der Waals surface area contributed by atoms with Crippen LogP contribution in [-0.4, -0.2) is 54.8 Å². The SMILES string of the molecule is COC(=O)c1ccccc1S(=O)(=O)N1CCC(C(=O)Nc2nc3ccccc3[nH]2)CC1. The van der Waals surface area contributed by atoms with E-state index < -0.39 is 16.0 Å². The number of aromatic nitrogens is 2. The van der Waals surface area contributed by atoms with E-state index in [0.717, 1.165) is 11.0 Å². The maximum atomic E-state index is 13.1. The average molecular weight is 442 g/mol. The van der Waals surface area contributed by atoms with E-state index in [1.807, 2.05) is 24.3 Å². The lowest BCUT2D eigenvalue weighted by Gasteiger charge is -2.30. The first kappa shape index (κ1) is 21.0. The maximum absolute atomic E-state index is 13.1. The number of methoxy groups -OCH3 is 1. The van der Waals surface area contributed by atoms with Gasteiger partial charge in [0.15, 0.2) is 0 Å². The van der Waals surface area contributed by atoms with Crippen molar-refractivity contribution in [3.8, 4) is 0 Å². The molecule has 0 unspecified atom stereocenters. The van der Waals surface area contributed by atoms with Gasteiger partial charge in [0.05, 0.1) is 28.6 Å². The number of hydrogen-bond acceptors (Lipinski definition) is 6.